The quantitative estimate of drug-likeness (QED) is 0.891. The first-order valence-electron chi connectivity index (χ1n) is 6.22. The van der Waals surface area contributed by atoms with E-state index in [2.05, 4.69) is 0 Å². The van der Waals surface area contributed by atoms with Gasteiger partial charge in [0.1, 0.15) is 5.75 Å². The molecule has 0 aliphatic rings. The summed E-state index contributed by atoms with van der Waals surface area (Å²) in [5, 5.41) is 19.5. The Morgan fingerprint density at radius 3 is 2.15 bits per heavy atom. The van der Waals surface area contributed by atoms with Gasteiger partial charge >= 0.3 is 5.97 Å². The molecule has 2 rings (SSSR count). The van der Waals surface area contributed by atoms with Crippen molar-refractivity contribution in [3.05, 3.63) is 52.6 Å². The first kappa shape index (κ1) is 13.9. The van der Waals surface area contributed by atoms with Gasteiger partial charge < -0.3 is 14.9 Å². The molecule has 0 aromatic heterocycles. The van der Waals surface area contributed by atoms with Gasteiger partial charge in [0, 0.05) is 5.56 Å². The highest BCUT2D eigenvalue weighted by Gasteiger charge is 2.22. The van der Waals surface area contributed by atoms with Crippen LogP contribution in [-0.2, 0) is 0 Å². The molecule has 0 saturated heterocycles. The molecule has 0 bridgehead atoms. The molecule has 4 heteroatoms. The lowest BCUT2D eigenvalue weighted by atomic mass is 9.96. The van der Waals surface area contributed by atoms with Crippen molar-refractivity contribution >= 4 is 5.97 Å². The molecule has 0 spiro atoms. The van der Waals surface area contributed by atoms with Crippen LogP contribution in [0.25, 0.3) is 0 Å². The van der Waals surface area contributed by atoms with Gasteiger partial charge in [-0.25, -0.2) is 4.79 Å². The number of aromatic carboxylic acids is 1. The normalized spacial score (nSPS) is 10.3. The Morgan fingerprint density at radius 1 is 1.00 bits per heavy atom. The molecule has 2 N–H and O–H groups in total. The molecule has 0 atom stereocenters. The maximum Gasteiger partial charge on any atom is 0.336 e. The van der Waals surface area contributed by atoms with Crippen LogP contribution in [0.5, 0.6) is 17.2 Å². The molecule has 2 aromatic carbocycles. The third-order valence-corrected chi connectivity index (χ3v) is 3.40. The van der Waals surface area contributed by atoms with Gasteiger partial charge in [0.2, 0.25) is 0 Å². The first-order valence-corrected chi connectivity index (χ1v) is 6.22. The zero-order chi connectivity index (χ0) is 14.9. The summed E-state index contributed by atoms with van der Waals surface area (Å²) >= 11 is 0. The molecular weight excluding hydrogens is 256 g/mol. The molecule has 2 aromatic rings. The van der Waals surface area contributed by atoms with E-state index in [0.29, 0.717) is 22.4 Å². The Hall–Kier alpha value is -2.49. The Labute approximate surface area is 117 Å². The molecule has 0 amide bonds. The lowest BCUT2D eigenvalue weighted by molar-refractivity contribution is 0.0694. The number of hydrogen-bond acceptors (Lipinski definition) is 3. The van der Waals surface area contributed by atoms with Gasteiger partial charge in [0.05, 0.1) is 5.56 Å². The van der Waals surface area contributed by atoms with Crippen LogP contribution in [0.2, 0.25) is 0 Å². The second-order valence-corrected chi connectivity index (χ2v) is 4.65. The SMILES string of the molecule is Cc1c(C)c(C(=O)O)c(C)c(Oc2ccccc2)c1O. The van der Waals surface area contributed by atoms with Gasteiger partial charge in [-0.05, 0) is 44.0 Å². The molecule has 0 radical (unpaired) electrons. The Bertz CT molecular complexity index is 660. The zero-order valence-corrected chi connectivity index (χ0v) is 11.6. The number of para-hydroxylation sites is 1. The van der Waals surface area contributed by atoms with Crippen LogP contribution in [-0.4, -0.2) is 16.2 Å². The van der Waals surface area contributed by atoms with Crippen molar-refractivity contribution in [2.24, 2.45) is 0 Å². The van der Waals surface area contributed by atoms with E-state index in [9.17, 15) is 15.0 Å². The topological polar surface area (TPSA) is 66.8 Å². The summed E-state index contributed by atoms with van der Waals surface area (Å²) in [5.41, 5.74) is 1.65. The van der Waals surface area contributed by atoms with Crippen molar-refractivity contribution in [2.45, 2.75) is 20.8 Å². The van der Waals surface area contributed by atoms with Crippen LogP contribution in [0.15, 0.2) is 30.3 Å². The van der Waals surface area contributed by atoms with Gasteiger partial charge in [0.25, 0.3) is 0 Å². The van der Waals surface area contributed by atoms with Crippen molar-refractivity contribution in [1.82, 2.24) is 0 Å². The van der Waals surface area contributed by atoms with Crippen molar-refractivity contribution in [3.63, 3.8) is 0 Å². The summed E-state index contributed by atoms with van der Waals surface area (Å²) in [5.74, 6) is -0.308. The predicted molar refractivity (Wildman–Crippen MR) is 75.8 cm³/mol. The third kappa shape index (κ3) is 2.32. The fourth-order valence-corrected chi connectivity index (χ4v) is 2.16. The van der Waals surface area contributed by atoms with E-state index in [0.717, 1.165) is 0 Å². The summed E-state index contributed by atoms with van der Waals surface area (Å²) < 4.78 is 5.65. The summed E-state index contributed by atoms with van der Waals surface area (Å²) in [6.07, 6.45) is 0. The first-order chi connectivity index (χ1) is 9.43. The predicted octanol–water partition coefficient (Wildman–Crippen LogP) is 3.81. The van der Waals surface area contributed by atoms with Gasteiger partial charge in [-0.15, -0.1) is 0 Å². The van der Waals surface area contributed by atoms with E-state index in [1.54, 1.807) is 45.0 Å². The van der Waals surface area contributed by atoms with Crippen LogP contribution in [0.3, 0.4) is 0 Å². The van der Waals surface area contributed by atoms with Crippen LogP contribution in [0.1, 0.15) is 27.0 Å². The monoisotopic (exact) mass is 272 g/mol. The minimum Gasteiger partial charge on any atom is -0.504 e. The molecule has 0 unspecified atom stereocenters. The smallest absolute Gasteiger partial charge is 0.336 e. The van der Waals surface area contributed by atoms with Gasteiger partial charge in [-0.3, -0.25) is 0 Å². The molecule has 0 saturated carbocycles. The van der Waals surface area contributed by atoms with Crippen LogP contribution in [0, 0.1) is 20.8 Å². The number of ether oxygens (including phenoxy) is 1. The van der Waals surface area contributed by atoms with E-state index < -0.39 is 5.97 Å². The standard InChI is InChI=1S/C16H16O4/c1-9-10(2)14(17)15(11(3)13(9)16(18)19)20-12-7-5-4-6-8-12/h4-8,17H,1-3H3,(H,18,19). The molecule has 104 valence electrons. The highest BCUT2D eigenvalue weighted by molar-refractivity contribution is 5.93. The largest absolute Gasteiger partial charge is 0.504 e. The fourth-order valence-electron chi connectivity index (χ4n) is 2.16. The van der Waals surface area contributed by atoms with E-state index in [1.165, 1.54) is 0 Å². The van der Waals surface area contributed by atoms with Crippen molar-refractivity contribution < 1.29 is 19.7 Å². The lowest BCUT2D eigenvalue weighted by Crippen LogP contribution is -2.06. The fraction of sp³-hybridized carbons (Fsp3) is 0.188. The number of hydrogen-bond donors (Lipinski definition) is 2. The van der Waals surface area contributed by atoms with Crippen molar-refractivity contribution in [2.75, 3.05) is 0 Å². The summed E-state index contributed by atoms with van der Waals surface area (Å²) in [6, 6.07) is 8.95. The summed E-state index contributed by atoms with van der Waals surface area (Å²) in [7, 11) is 0. The second-order valence-electron chi connectivity index (χ2n) is 4.65. The minimum atomic E-state index is -1.03. The Morgan fingerprint density at radius 2 is 1.60 bits per heavy atom. The van der Waals surface area contributed by atoms with Gasteiger partial charge in [-0.2, -0.15) is 0 Å². The van der Waals surface area contributed by atoms with Gasteiger partial charge in [-0.1, -0.05) is 18.2 Å². The molecule has 4 nitrogen and oxygen atoms in total. The van der Waals surface area contributed by atoms with Crippen molar-refractivity contribution in [1.29, 1.82) is 0 Å². The van der Waals surface area contributed by atoms with Crippen LogP contribution in [0.4, 0.5) is 0 Å². The minimum absolute atomic E-state index is 0.0196. The number of phenols is 1. The average Bonchev–Trinajstić information content (AvgIpc) is 2.42. The number of aromatic hydroxyl groups is 1. The number of phenolic OH excluding ortho intramolecular Hbond substituents is 1. The summed E-state index contributed by atoms with van der Waals surface area (Å²) in [4.78, 5) is 11.4. The third-order valence-electron chi connectivity index (χ3n) is 3.40. The second kappa shape index (κ2) is 5.25. The molecule has 0 aliphatic heterocycles. The molecule has 20 heavy (non-hydrogen) atoms. The maximum absolute atomic E-state index is 11.4. The molecule has 0 aliphatic carbocycles. The maximum atomic E-state index is 11.4. The highest BCUT2D eigenvalue weighted by atomic mass is 16.5. The van der Waals surface area contributed by atoms with Crippen LogP contribution >= 0.6 is 0 Å². The van der Waals surface area contributed by atoms with E-state index in [4.69, 9.17) is 4.74 Å². The number of carboxylic acid groups (broad SMARTS) is 1. The van der Waals surface area contributed by atoms with E-state index in [-0.39, 0.29) is 17.1 Å². The van der Waals surface area contributed by atoms with Gasteiger partial charge in [0.15, 0.2) is 11.5 Å². The van der Waals surface area contributed by atoms with E-state index in [1.807, 2.05) is 6.07 Å². The van der Waals surface area contributed by atoms with E-state index >= 15 is 0 Å². The van der Waals surface area contributed by atoms with Crippen LogP contribution < -0.4 is 4.74 Å². The number of rotatable bonds is 3. The molecule has 0 fully saturated rings. The highest BCUT2D eigenvalue weighted by Crippen LogP contribution is 2.40. The number of carbonyl (C=O) groups is 1. The zero-order valence-electron chi connectivity index (χ0n) is 11.6. The number of carboxylic acids is 1. The number of benzene rings is 2. The van der Waals surface area contributed by atoms with Crippen molar-refractivity contribution in [3.8, 4) is 17.2 Å². The lowest BCUT2D eigenvalue weighted by Gasteiger charge is -2.17. The Kier molecular flexibility index (Phi) is 3.66. The molecular formula is C16H16O4. The Balaban J connectivity index is 2.61. The summed E-state index contributed by atoms with van der Waals surface area (Å²) in [6.45, 7) is 4.99. The average molecular weight is 272 g/mol. The molecule has 0 heterocycles.